The molecular formula is C21H24N2O5. The lowest BCUT2D eigenvalue weighted by atomic mass is 10.2. The molecular weight excluding hydrogens is 360 g/mol. The van der Waals surface area contributed by atoms with Gasteiger partial charge in [0.2, 0.25) is 0 Å². The molecule has 0 aliphatic carbocycles. The number of carbonyl (C=O) groups is 2. The fourth-order valence-corrected chi connectivity index (χ4v) is 2.90. The third-order valence-electron chi connectivity index (χ3n) is 4.27. The third kappa shape index (κ3) is 5.23. The van der Waals surface area contributed by atoms with Gasteiger partial charge >= 0.3 is 5.97 Å². The van der Waals surface area contributed by atoms with Gasteiger partial charge in [0.25, 0.3) is 5.91 Å². The topological polar surface area (TPSA) is 77.1 Å². The number of para-hydroxylation sites is 1. The number of nitrogens with zero attached hydrogens (tertiary/aromatic N) is 1. The van der Waals surface area contributed by atoms with Crippen LogP contribution in [0.5, 0.6) is 5.75 Å². The molecule has 148 valence electrons. The fraction of sp³-hybridized carbons (Fsp3) is 0.333. The molecule has 2 aromatic rings. The summed E-state index contributed by atoms with van der Waals surface area (Å²) in [4.78, 5) is 26.5. The van der Waals surface area contributed by atoms with E-state index >= 15 is 0 Å². The van der Waals surface area contributed by atoms with Crippen molar-refractivity contribution in [1.29, 1.82) is 0 Å². The van der Waals surface area contributed by atoms with Crippen LogP contribution in [0.4, 0.5) is 11.4 Å². The average molecular weight is 384 g/mol. The van der Waals surface area contributed by atoms with Crippen LogP contribution in [0.25, 0.3) is 0 Å². The van der Waals surface area contributed by atoms with E-state index in [1.807, 2.05) is 31.2 Å². The van der Waals surface area contributed by atoms with E-state index in [-0.39, 0.29) is 6.61 Å². The number of rotatable bonds is 7. The molecule has 0 bridgehead atoms. The van der Waals surface area contributed by atoms with Crippen LogP contribution in [-0.4, -0.2) is 51.4 Å². The Kier molecular flexibility index (Phi) is 6.86. The summed E-state index contributed by atoms with van der Waals surface area (Å²) in [7, 11) is 0. The van der Waals surface area contributed by atoms with Crippen molar-refractivity contribution in [3.63, 3.8) is 0 Å². The third-order valence-corrected chi connectivity index (χ3v) is 4.27. The number of morpholine rings is 1. The molecule has 1 saturated heterocycles. The van der Waals surface area contributed by atoms with Crippen molar-refractivity contribution in [3.05, 3.63) is 54.1 Å². The van der Waals surface area contributed by atoms with Crippen LogP contribution in [0.3, 0.4) is 0 Å². The Hall–Kier alpha value is -3.06. The predicted molar refractivity (Wildman–Crippen MR) is 106 cm³/mol. The van der Waals surface area contributed by atoms with Crippen molar-refractivity contribution in [2.75, 3.05) is 49.7 Å². The van der Waals surface area contributed by atoms with E-state index in [0.29, 0.717) is 23.6 Å². The van der Waals surface area contributed by atoms with Crippen molar-refractivity contribution in [2.24, 2.45) is 0 Å². The summed E-state index contributed by atoms with van der Waals surface area (Å²) >= 11 is 0. The van der Waals surface area contributed by atoms with Gasteiger partial charge in [0.15, 0.2) is 6.61 Å². The summed E-state index contributed by atoms with van der Waals surface area (Å²) in [6.07, 6.45) is 0. The van der Waals surface area contributed by atoms with E-state index < -0.39 is 11.9 Å². The quantitative estimate of drug-likeness (QED) is 0.740. The summed E-state index contributed by atoms with van der Waals surface area (Å²) in [5, 5.41) is 2.73. The number of esters is 1. The Balaban J connectivity index is 1.51. The molecule has 0 spiro atoms. The van der Waals surface area contributed by atoms with Gasteiger partial charge in [-0.15, -0.1) is 0 Å². The lowest BCUT2D eigenvalue weighted by Crippen LogP contribution is -2.36. The Morgan fingerprint density at radius 3 is 2.50 bits per heavy atom. The summed E-state index contributed by atoms with van der Waals surface area (Å²) in [6.45, 7) is 5.04. The largest absolute Gasteiger partial charge is 0.493 e. The molecule has 1 heterocycles. The molecule has 0 atom stereocenters. The van der Waals surface area contributed by atoms with Crippen LogP contribution in [0.2, 0.25) is 0 Å². The highest BCUT2D eigenvalue weighted by Gasteiger charge is 2.15. The molecule has 1 fully saturated rings. The Bertz CT molecular complexity index is 801. The molecule has 1 aliphatic heterocycles. The second kappa shape index (κ2) is 9.75. The lowest BCUT2D eigenvalue weighted by Gasteiger charge is -2.28. The Labute approximate surface area is 164 Å². The van der Waals surface area contributed by atoms with E-state index in [1.165, 1.54) is 0 Å². The van der Waals surface area contributed by atoms with Gasteiger partial charge in [-0.3, -0.25) is 4.79 Å². The zero-order chi connectivity index (χ0) is 19.8. The van der Waals surface area contributed by atoms with Gasteiger partial charge < -0.3 is 24.4 Å². The van der Waals surface area contributed by atoms with Crippen molar-refractivity contribution in [3.8, 4) is 5.75 Å². The van der Waals surface area contributed by atoms with Gasteiger partial charge in [0.05, 0.1) is 19.8 Å². The minimum atomic E-state index is -0.595. The maximum atomic E-state index is 12.2. The molecule has 7 heteroatoms. The molecule has 0 saturated carbocycles. The summed E-state index contributed by atoms with van der Waals surface area (Å²) in [6, 6.07) is 14.3. The first-order valence-electron chi connectivity index (χ1n) is 9.29. The standard InChI is InChI=1S/C21H24N2O5/c1-2-27-19-6-4-3-5-18(19)21(25)28-15-20(24)22-16-7-9-17(10-8-16)23-11-13-26-14-12-23/h3-10H,2,11-15H2,1H3,(H,22,24). The van der Waals surface area contributed by atoms with E-state index in [1.54, 1.807) is 24.3 Å². The summed E-state index contributed by atoms with van der Waals surface area (Å²) in [5.74, 6) is -0.558. The molecule has 2 aromatic carbocycles. The van der Waals surface area contributed by atoms with E-state index in [9.17, 15) is 9.59 Å². The second-order valence-corrected chi connectivity index (χ2v) is 6.20. The van der Waals surface area contributed by atoms with E-state index in [2.05, 4.69) is 10.2 Å². The Morgan fingerprint density at radius 2 is 1.79 bits per heavy atom. The van der Waals surface area contributed by atoms with Crippen molar-refractivity contribution >= 4 is 23.3 Å². The highest BCUT2D eigenvalue weighted by Crippen LogP contribution is 2.20. The molecule has 28 heavy (non-hydrogen) atoms. The first-order valence-corrected chi connectivity index (χ1v) is 9.29. The van der Waals surface area contributed by atoms with Gasteiger partial charge in [-0.25, -0.2) is 4.79 Å². The average Bonchev–Trinajstić information content (AvgIpc) is 2.74. The van der Waals surface area contributed by atoms with Gasteiger partial charge in [-0.2, -0.15) is 0 Å². The number of carbonyl (C=O) groups excluding carboxylic acids is 2. The monoisotopic (exact) mass is 384 g/mol. The number of hydrogen-bond acceptors (Lipinski definition) is 6. The summed E-state index contributed by atoms with van der Waals surface area (Å²) < 4.78 is 15.9. The van der Waals surface area contributed by atoms with Crippen LogP contribution < -0.4 is 15.0 Å². The minimum absolute atomic E-state index is 0.298. The molecule has 7 nitrogen and oxygen atoms in total. The fourth-order valence-electron chi connectivity index (χ4n) is 2.90. The van der Waals surface area contributed by atoms with Crippen LogP contribution in [0.1, 0.15) is 17.3 Å². The van der Waals surface area contributed by atoms with Crippen LogP contribution in [0.15, 0.2) is 48.5 Å². The maximum Gasteiger partial charge on any atom is 0.342 e. The second-order valence-electron chi connectivity index (χ2n) is 6.20. The minimum Gasteiger partial charge on any atom is -0.493 e. The number of ether oxygens (including phenoxy) is 3. The number of hydrogen-bond donors (Lipinski definition) is 1. The normalized spacial score (nSPS) is 13.7. The smallest absolute Gasteiger partial charge is 0.342 e. The molecule has 0 unspecified atom stereocenters. The number of nitrogens with one attached hydrogen (secondary N) is 1. The number of amides is 1. The Morgan fingerprint density at radius 1 is 1.07 bits per heavy atom. The van der Waals surface area contributed by atoms with Crippen molar-refractivity contribution < 1.29 is 23.8 Å². The summed E-state index contributed by atoms with van der Waals surface area (Å²) in [5.41, 5.74) is 2.03. The molecule has 1 aliphatic rings. The van der Waals surface area contributed by atoms with Gasteiger partial charge in [0.1, 0.15) is 11.3 Å². The van der Waals surface area contributed by atoms with Gasteiger partial charge in [0, 0.05) is 24.5 Å². The van der Waals surface area contributed by atoms with Crippen molar-refractivity contribution in [1.82, 2.24) is 0 Å². The highest BCUT2D eigenvalue weighted by molar-refractivity contribution is 5.96. The lowest BCUT2D eigenvalue weighted by molar-refractivity contribution is -0.119. The molecule has 1 N–H and O–H groups in total. The van der Waals surface area contributed by atoms with Gasteiger partial charge in [-0.05, 0) is 43.3 Å². The maximum absolute atomic E-state index is 12.2. The molecule has 0 aromatic heterocycles. The molecule has 0 radical (unpaired) electrons. The van der Waals surface area contributed by atoms with E-state index in [4.69, 9.17) is 14.2 Å². The number of anilines is 2. The van der Waals surface area contributed by atoms with Crippen LogP contribution >= 0.6 is 0 Å². The van der Waals surface area contributed by atoms with Crippen LogP contribution in [-0.2, 0) is 14.3 Å². The number of benzene rings is 2. The predicted octanol–water partition coefficient (Wildman–Crippen LogP) is 2.72. The highest BCUT2D eigenvalue weighted by atomic mass is 16.5. The van der Waals surface area contributed by atoms with Crippen LogP contribution in [0, 0.1) is 0 Å². The first kappa shape index (κ1) is 19.7. The van der Waals surface area contributed by atoms with E-state index in [0.717, 1.165) is 32.0 Å². The SMILES string of the molecule is CCOc1ccccc1C(=O)OCC(=O)Nc1ccc(N2CCOCC2)cc1. The molecule has 3 rings (SSSR count). The van der Waals surface area contributed by atoms with Crippen molar-refractivity contribution in [2.45, 2.75) is 6.92 Å². The zero-order valence-corrected chi connectivity index (χ0v) is 15.8. The first-order chi connectivity index (χ1) is 13.7. The van der Waals surface area contributed by atoms with Gasteiger partial charge in [-0.1, -0.05) is 12.1 Å². The molecule has 1 amide bonds. The zero-order valence-electron chi connectivity index (χ0n) is 15.8.